The molecule has 1 aromatic carbocycles. The molecule has 2 amide bonds. The summed E-state index contributed by atoms with van der Waals surface area (Å²) in [5, 5.41) is 2.28. The maximum Gasteiger partial charge on any atom is 0.306 e. The van der Waals surface area contributed by atoms with Gasteiger partial charge in [-0.25, -0.2) is 0 Å². The summed E-state index contributed by atoms with van der Waals surface area (Å²) in [5.41, 5.74) is 5.16. The molecule has 0 spiro atoms. The van der Waals surface area contributed by atoms with Crippen molar-refractivity contribution in [3.63, 3.8) is 0 Å². The molecule has 1 aromatic rings. The van der Waals surface area contributed by atoms with Crippen molar-refractivity contribution in [2.45, 2.75) is 26.2 Å². The van der Waals surface area contributed by atoms with Crippen molar-refractivity contribution in [3.8, 4) is 5.75 Å². The number of benzene rings is 1. The van der Waals surface area contributed by atoms with Gasteiger partial charge in [0.15, 0.2) is 5.11 Å². The quantitative estimate of drug-likeness (QED) is 0.253. The summed E-state index contributed by atoms with van der Waals surface area (Å²) in [6.45, 7) is 6.13. The Morgan fingerprint density at radius 2 is 1.85 bits per heavy atom. The van der Waals surface area contributed by atoms with Crippen LogP contribution in [-0.2, 0) is 14.3 Å². The highest BCUT2D eigenvalue weighted by Crippen LogP contribution is 2.11. The van der Waals surface area contributed by atoms with Crippen molar-refractivity contribution in [2.75, 3.05) is 13.2 Å². The first-order valence-corrected chi connectivity index (χ1v) is 8.76. The van der Waals surface area contributed by atoms with Gasteiger partial charge in [-0.1, -0.05) is 19.6 Å². The fourth-order valence-electron chi connectivity index (χ4n) is 1.77. The van der Waals surface area contributed by atoms with Crippen LogP contribution in [0.15, 0.2) is 36.9 Å². The van der Waals surface area contributed by atoms with Gasteiger partial charge in [-0.15, -0.1) is 0 Å². The Kier molecular flexibility index (Phi) is 10.2. The molecule has 0 radical (unpaired) electrons. The minimum absolute atomic E-state index is 0.0406. The zero-order valence-electron chi connectivity index (χ0n) is 15.1. The molecule has 27 heavy (non-hydrogen) atoms. The largest absolute Gasteiger partial charge is 0.490 e. The molecule has 0 fully saturated rings. The normalized spacial score (nSPS) is 9.67. The van der Waals surface area contributed by atoms with Crippen LogP contribution in [-0.4, -0.2) is 36.1 Å². The van der Waals surface area contributed by atoms with E-state index in [9.17, 15) is 14.4 Å². The van der Waals surface area contributed by atoms with Gasteiger partial charge in [-0.05, 0) is 42.9 Å². The molecule has 0 saturated heterocycles. The third kappa shape index (κ3) is 9.36. The Labute approximate surface area is 163 Å². The van der Waals surface area contributed by atoms with Crippen LogP contribution in [0.4, 0.5) is 0 Å². The van der Waals surface area contributed by atoms with Gasteiger partial charge in [0.2, 0.25) is 5.91 Å². The number of rotatable bonds is 9. The number of carbonyl (C=O) groups is 3. The van der Waals surface area contributed by atoms with E-state index in [1.165, 1.54) is 0 Å². The Hall–Kier alpha value is -2.94. The zero-order valence-corrected chi connectivity index (χ0v) is 15.9. The minimum Gasteiger partial charge on any atom is -0.490 e. The fourth-order valence-corrected chi connectivity index (χ4v) is 1.93. The highest BCUT2D eigenvalue weighted by atomic mass is 32.1. The van der Waals surface area contributed by atoms with Crippen LogP contribution < -0.4 is 20.9 Å². The minimum atomic E-state index is -0.459. The number of hydrogen-bond acceptors (Lipinski definition) is 6. The van der Waals surface area contributed by atoms with Crippen LogP contribution in [0.3, 0.4) is 0 Å². The average Bonchev–Trinajstić information content (AvgIpc) is 2.67. The number of ether oxygens (including phenoxy) is 2. The van der Waals surface area contributed by atoms with Crippen molar-refractivity contribution in [1.29, 1.82) is 0 Å². The molecule has 1 rings (SSSR count). The molecule has 0 saturated carbocycles. The molecular weight excluding hydrogens is 370 g/mol. The highest BCUT2D eigenvalue weighted by Gasteiger charge is 2.10. The van der Waals surface area contributed by atoms with Gasteiger partial charge >= 0.3 is 5.97 Å². The molecule has 0 heterocycles. The second-order valence-corrected chi connectivity index (χ2v) is 5.71. The molecule has 8 nitrogen and oxygen atoms in total. The molecule has 0 unspecified atom stereocenters. The predicted molar refractivity (Wildman–Crippen MR) is 104 cm³/mol. The van der Waals surface area contributed by atoms with Gasteiger partial charge in [0.05, 0.1) is 13.0 Å². The SMILES string of the molecule is C=CCOc1ccc(C(=O)NNC(=S)NC(=O)CCC(=O)OCCC)cc1. The summed E-state index contributed by atoms with van der Waals surface area (Å²) in [4.78, 5) is 35.0. The number of hydrogen-bond donors (Lipinski definition) is 3. The van der Waals surface area contributed by atoms with E-state index in [1.807, 2.05) is 6.92 Å². The summed E-state index contributed by atoms with van der Waals surface area (Å²) >= 11 is 4.91. The first kappa shape index (κ1) is 22.1. The Morgan fingerprint density at radius 1 is 1.15 bits per heavy atom. The molecule has 0 aliphatic heterocycles. The molecule has 0 bridgehead atoms. The molecule has 0 aliphatic rings. The maximum absolute atomic E-state index is 12.0. The fraction of sp³-hybridized carbons (Fsp3) is 0.333. The number of amides is 2. The number of esters is 1. The molecule has 9 heteroatoms. The summed E-state index contributed by atoms with van der Waals surface area (Å²) in [7, 11) is 0. The van der Waals surface area contributed by atoms with E-state index in [0.29, 0.717) is 24.5 Å². The lowest BCUT2D eigenvalue weighted by atomic mass is 10.2. The maximum atomic E-state index is 12.0. The van der Waals surface area contributed by atoms with Gasteiger partial charge in [-0.2, -0.15) is 0 Å². The molecule has 0 aromatic heterocycles. The van der Waals surface area contributed by atoms with E-state index in [1.54, 1.807) is 30.3 Å². The van der Waals surface area contributed by atoms with E-state index >= 15 is 0 Å². The lowest BCUT2D eigenvalue weighted by molar-refractivity contribution is -0.144. The third-order valence-electron chi connectivity index (χ3n) is 3.05. The molecule has 3 N–H and O–H groups in total. The van der Waals surface area contributed by atoms with E-state index in [-0.39, 0.29) is 18.0 Å². The van der Waals surface area contributed by atoms with Crippen molar-refractivity contribution >= 4 is 35.1 Å². The lowest BCUT2D eigenvalue weighted by Crippen LogP contribution is -2.48. The Balaban J connectivity index is 2.32. The van der Waals surface area contributed by atoms with Gasteiger partial charge in [0.1, 0.15) is 12.4 Å². The van der Waals surface area contributed by atoms with E-state index < -0.39 is 17.8 Å². The van der Waals surface area contributed by atoms with Crippen molar-refractivity contribution in [3.05, 3.63) is 42.5 Å². The number of thiocarbonyl (C=S) groups is 1. The smallest absolute Gasteiger partial charge is 0.306 e. The first-order valence-electron chi connectivity index (χ1n) is 8.35. The van der Waals surface area contributed by atoms with Crippen molar-refractivity contribution in [1.82, 2.24) is 16.2 Å². The summed E-state index contributed by atoms with van der Waals surface area (Å²) < 4.78 is 10.2. The van der Waals surface area contributed by atoms with Gasteiger partial charge in [-0.3, -0.25) is 25.2 Å². The Morgan fingerprint density at radius 3 is 2.48 bits per heavy atom. The standard InChI is InChI=1S/C18H23N3O5S/c1-3-11-25-14-7-5-13(6-8-14)17(24)20-21-18(27)19-15(22)9-10-16(23)26-12-4-2/h3,5-8H,1,4,9-12H2,2H3,(H,20,24)(H2,19,21,22,27). The first-order chi connectivity index (χ1) is 13.0. The summed E-state index contributed by atoms with van der Waals surface area (Å²) in [5.74, 6) is -0.733. The molecule has 0 atom stereocenters. The predicted octanol–water partition coefficient (Wildman–Crippen LogP) is 1.62. The van der Waals surface area contributed by atoms with Gasteiger partial charge < -0.3 is 14.8 Å². The van der Waals surface area contributed by atoms with E-state index in [4.69, 9.17) is 21.7 Å². The summed E-state index contributed by atoms with van der Waals surface area (Å²) in [6, 6.07) is 6.46. The average molecular weight is 393 g/mol. The Bertz CT molecular complexity index is 676. The number of nitrogens with one attached hydrogen (secondary N) is 3. The zero-order chi connectivity index (χ0) is 20.1. The van der Waals surface area contributed by atoms with E-state index in [2.05, 4.69) is 22.7 Å². The number of carbonyl (C=O) groups excluding carboxylic acids is 3. The topological polar surface area (TPSA) is 106 Å². The van der Waals surface area contributed by atoms with Crippen molar-refractivity contribution < 1.29 is 23.9 Å². The van der Waals surface area contributed by atoms with Gasteiger partial charge in [0, 0.05) is 12.0 Å². The second kappa shape index (κ2) is 12.4. The molecule has 146 valence electrons. The van der Waals surface area contributed by atoms with Crippen LogP contribution in [0.1, 0.15) is 36.5 Å². The summed E-state index contributed by atoms with van der Waals surface area (Å²) in [6.07, 6.45) is 2.23. The van der Waals surface area contributed by atoms with Crippen LogP contribution in [0.5, 0.6) is 5.75 Å². The van der Waals surface area contributed by atoms with Crippen LogP contribution in [0.2, 0.25) is 0 Å². The molecule has 0 aliphatic carbocycles. The second-order valence-electron chi connectivity index (χ2n) is 5.30. The monoisotopic (exact) mass is 393 g/mol. The van der Waals surface area contributed by atoms with Crippen molar-refractivity contribution in [2.24, 2.45) is 0 Å². The van der Waals surface area contributed by atoms with Crippen LogP contribution in [0.25, 0.3) is 0 Å². The highest BCUT2D eigenvalue weighted by molar-refractivity contribution is 7.80. The van der Waals surface area contributed by atoms with Crippen LogP contribution in [0, 0.1) is 0 Å². The lowest BCUT2D eigenvalue weighted by Gasteiger charge is -2.11. The third-order valence-corrected chi connectivity index (χ3v) is 3.25. The van der Waals surface area contributed by atoms with Crippen LogP contribution >= 0.6 is 12.2 Å². The van der Waals surface area contributed by atoms with Gasteiger partial charge in [0.25, 0.3) is 5.91 Å². The molecular formula is C18H23N3O5S. The van der Waals surface area contributed by atoms with E-state index in [0.717, 1.165) is 6.42 Å². The number of hydrazine groups is 1.